The zero-order valence-corrected chi connectivity index (χ0v) is 10.9. The van der Waals surface area contributed by atoms with Crippen molar-refractivity contribution in [3.8, 4) is 0 Å². The summed E-state index contributed by atoms with van der Waals surface area (Å²) in [6.07, 6.45) is 7.92. The van der Waals surface area contributed by atoms with E-state index in [0.29, 0.717) is 6.54 Å². The number of nitrogens with one attached hydrogen (secondary N) is 1. The predicted molar refractivity (Wildman–Crippen MR) is 68.8 cm³/mol. The van der Waals surface area contributed by atoms with Gasteiger partial charge in [0.15, 0.2) is 0 Å². The lowest BCUT2D eigenvalue weighted by molar-refractivity contribution is -0.313. The van der Waals surface area contributed by atoms with Crippen LogP contribution in [0.1, 0.15) is 12.0 Å². The maximum absolute atomic E-state index is 12.3. The number of aliphatic carboxylic acids is 1. The SMILES string of the molecule is O=C([O-])[C@@H]1[C@H](C(=O)NCc2ccncc2)[C@H]2C=C[C@@H]1C2. The first kappa shape index (κ1) is 12.8. The van der Waals surface area contributed by atoms with Crippen LogP contribution in [0.3, 0.4) is 0 Å². The first-order valence-electron chi connectivity index (χ1n) is 6.72. The number of aromatic nitrogens is 1. The maximum Gasteiger partial charge on any atom is 0.224 e. The Kier molecular flexibility index (Phi) is 3.26. The molecule has 5 nitrogen and oxygen atoms in total. The number of carbonyl (C=O) groups excluding carboxylic acids is 2. The molecule has 4 atom stereocenters. The molecule has 1 aromatic heterocycles. The number of nitrogens with zero attached hydrogens (tertiary/aromatic N) is 1. The fourth-order valence-corrected chi connectivity index (χ4v) is 3.31. The lowest BCUT2D eigenvalue weighted by Gasteiger charge is -2.27. The van der Waals surface area contributed by atoms with Crippen LogP contribution in [0.4, 0.5) is 0 Å². The van der Waals surface area contributed by atoms with E-state index in [2.05, 4.69) is 10.3 Å². The number of carboxylic acids is 1. The zero-order valence-electron chi connectivity index (χ0n) is 10.9. The Morgan fingerprint density at radius 3 is 2.50 bits per heavy atom. The quantitative estimate of drug-likeness (QED) is 0.774. The number of carbonyl (C=O) groups is 2. The van der Waals surface area contributed by atoms with Crippen LogP contribution in [0.15, 0.2) is 36.7 Å². The Morgan fingerprint density at radius 1 is 1.20 bits per heavy atom. The van der Waals surface area contributed by atoms with Crippen molar-refractivity contribution in [1.82, 2.24) is 10.3 Å². The molecule has 0 aromatic carbocycles. The van der Waals surface area contributed by atoms with Crippen molar-refractivity contribution < 1.29 is 14.7 Å². The molecule has 20 heavy (non-hydrogen) atoms. The molecule has 2 aliphatic rings. The third-order valence-electron chi connectivity index (χ3n) is 4.25. The summed E-state index contributed by atoms with van der Waals surface area (Å²) in [5.74, 6) is -2.54. The molecule has 0 unspecified atom stereocenters. The maximum atomic E-state index is 12.3. The van der Waals surface area contributed by atoms with E-state index in [1.54, 1.807) is 12.4 Å². The minimum atomic E-state index is -1.12. The average molecular weight is 271 g/mol. The van der Waals surface area contributed by atoms with E-state index in [0.717, 1.165) is 12.0 Å². The molecule has 104 valence electrons. The van der Waals surface area contributed by atoms with Gasteiger partial charge in [0.1, 0.15) is 0 Å². The van der Waals surface area contributed by atoms with Crippen molar-refractivity contribution in [2.45, 2.75) is 13.0 Å². The molecule has 2 aliphatic carbocycles. The van der Waals surface area contributed by atoms with Gasteiger partial charge in [-0.15, -0.1) is 0 Å². The molecule has 0 radical (unpaired) electrons. The van der Waals surface area contributed by atoms with E-state index in [-0.39, 0.29) is 17.7 Å². The fourth-order valence-electron chi connectivity index (χ4n) is 3.31. The highest BCUT2D eigenvalue weighted by Crippen LogP contribution is 2.47. The number of hydrogen-bond acceptors (Lipinski definition) is 4. The highest BCUT2D eigenvalue weighted by Gasteiger charge is 2.48. The van der Waals surface area contributed by atoms with Crippen molar-refractivity contribution in [1.29, 1.82) is 0 Å². The van der Waals surface area contributed by atoms with Crippen molar-refractivity contribution in [2.75, 3.05) is 0 Å². The van der Waals surface area contributed by atoms with Crippen LogP contribution in [0.2, 0.25) is 0 Å². The Balaban J connectivity index is 1.68. The number of carboxylic acid groups (broad SMARTS) is 1. The highest BCUT2D eigenvalue weighted by molar-refractivity contribution is 5.86. The summed E-state index contributed by atoms with van der Waals surface area (Å²) in [7, 11) is 0. The monoisotopic (exact) mass is 271 g/mol. The Hall–Kier alpha value is -2.17. The fraction of sp³-hybridized carbons (Fsp3) is 0.400. The average Bonchev–Trinajstić information content (AvgIpc) is 3.06. The number of amides is 1. The summed E-state index contributed by atoms with van der Waals surface area (Å²) in [5, 5.41) is 14.1. The zero-order chi connectivity index (χ0) is 14.1. The molecule has 1 N–H and O–H groups in total. The summed E-state index contributed by atoms with van der Waals surface area (Å²) in [5.41, 5.74) is 0.942. The molecule has 1 fully saturated rings. The van der Waals surface area contributed by atoms with Gasteiger partial charge in [0.05, 0.1) is 5.92 Å². The summed E-state index contributed by atoms with van der Waals surface area (Å²) >= 11 is 0. The van der Waals surface area contributed by atoms with Gasteiger partial charge in [-0.1, -0.05) is 12.2 Å². The van der Waals surface area contributed by atoms with E-state index < -0.39 is 17.8 Å². The Labute approximate surface area is 116 Å². The van der Waals surface area contributed by atoms with Gasteiger partial charge in [-0.3, -0.25) is 9.78 Å². The molecule has 1 heterocycles. The second kappa shape index (κ2) is 5.07. The lowest BCUT2D eigenvalue weighted by atomic mass is 9.82. The van der Waals surface area contributed by atoms with Crippen molar-refractivity contribution in [3.05, 3.63) is 42.2 Å². The minimum Gasteiger partial charge on any atom is -0.550 e. The van der Waals surface area contributed by atoms with Crippen molar-refractivity contribution in [2.24, 2.45) is 23.7 Å². The van der Waals surface area contributed by atoms with E-state index in [1.165, 1.54) is 0 Å². The lowest BCUT2D eigenvalue weighted by Crippen LogP contribution is -2.44. The summed E-state index contributed by atoms with van der Waals surface area (Å²) in [4.78, 5) is 27.4. The van der Waals surface area contributed by atoms with Crippen LogP contribution in [-0.2, 0) is 16.1 Å². The van der Waals surface area contributed by atoms with Crippen LogP contribution < -0.4 is 10.4 Å². The first-order chi connectivity index (χ1) is 9.66. The Morgan fingerprint density at radius 2 is 1.85 bits per heavy atom. The number of hydrogen-bond donors (Lipinski definition) is 1. The van der Waals surface area contributed by atoms with Crippen LogP contribution >= 0.6 is 0 Å². The molecular weight excluding hydrogens is 256 g/mol. The second-order valence-electron chi connectivity index (χ2n) is 5.39. The molecule has 0 aliphatic heterocycles. The first-order valence-corrected chi connectivity index (χ1v) is 6.72. The molecular formula is C15H15N2O3-. The molecule has 2 bridgehead atoms. The summed E-state index contributed by atoms with van der Waals surface area (Å²) in [6, 6.07) is 3.63. The smallest absolute Gasteiger partial charge is 0.224 e. The number of allylic oxidation sites excluding steroid dienone is 2. The molecule has 3 rings (SSSR count). The van der Waals surface area contributed by atoms with Gasteiger partial charge in [-0.2, -0.15) is 0 Å². The summed E-state index contributed by atoms with van der Waals surface area (Å²) in [6.45, 7) is 0.388. The third kappa shape index (κ3) is 2.19. The molecule has 0 spiro atoms. The van der Waals surface area contributed by atoms with Gasteiger partial charge in [-0.25, -0.2) is 0 Å². The number of rotatable bonds is 4. The topological polar surface area (TPSA) is 82.1 Å². The van der Waals surface area contributed by atoms with Gasteiger partial charge >= 0.3 is 0 Å². The molecule has 5 heteroatoms. The van der Waals surface area contributed by atoms with E-state index >= 15 is 0 Å². The van der Waals surface area contributed by atoms with E-state index in [1.807, 2.05) is 24.3 Å². The van der Waals surface area contributed by atoms with E-state index in [4.69, 9.17) is 0 Å². The van der Waals surface area contributed by atoms with Gasteiger partial charge < -0.3 is 15.2 Å². The van der Waals surface area contributed by atoms with E-state index in [9.17, 15) is 14.7 Å². The largest absolute Gasteiger partial charge is 0.550 e. The predicted octanol–water partition coefficient (Wildman–Crippen LogP) is -0.114. The van der Waals surface area contributed by atoms with Crippen LogP contribution in [0.5, 0.6) is 0 Å². The van der Waals surface area contributed by atoms with Crippen LogP contribution in [0, 0.1) is 23.7 Å². The minimum absolute atomic E-state index is 0.0281. The Bertz CT molecular complexity index is 555. The molecule has 1 amide bonds. The highest BCUT2D eigenvalue weighted by atomic mass is 16.4. The van der Waals surface area contributed by atoms with Crippen LogP contribution in [-0.4, -0.2) is 16.9 Å². The molecule has 1 aromatic rings. The standard InChI is InChI=1S/C15H16N2O3/c18-14(17-8-9-3-5-16-6-4-9)12-10-1-2-11(7-10)13(12)15(19)20/h1-6,10-13H,7-8H2,(H,17,18)(H,19,20)/p-1/t10-,11+,12+,13-/m0/s1. The summed E-state index contributed by atoms with van der Waals surface area (Å²) < 4.78 is 0. The third-order valence-corrected chi connectivity index (χ3v) is 4.25. The number of pyridine rings is 1. The van der Waals surface area contributed by atoms with Gasteiger partial charge in [0, 0.05) is 30.8 Å². The van der Waals surface area contributed by atoms with Gasteiger partial charge in [-0.05, 0) is 36.0 Å². The van der Waals surface area contributed by atoms with Gasteiger partial charge in [0.25, 0.3) is 0 Å². The molecule has 0 saturated heterocycles. The van der Waals surface area contributed by atoms with Crippen molar-refractivity contribution >= 4 is 11.9 Å². The van der Waals surface area contributed by atoms with Gasteiger partial charge in [0.2, 0.25) is 5.91 Å². The van der Waals surface area contributed by atoms with Crippen LogP contribution in [0.25, 0.3) is 0 Å². The normalized spacial score (nSPS) is 30.4. The van der Waals surface area contributed by atoms with Crippen molar-refractivity contribution in [3.63, 3.8) is 0 Å². The second-order valence-corrected chi connectivity index (χ2v) is 5.39. The number of fused-ring (bicyclic) bond motifs is 2. The molecule has 1 saturated carbocycles.